The van der Waals surface area contributed by atoms with Crippen molar-refractivity contribution in [2.75, 3.05) is 19.8 Å². The van der Waals surface area contributed by atoms with E-state index in [1.54, 1.807) is 10.9 Å². The minimum Gasteiger partial charge on any atom is -0.380 e. The summed E-state index contributed by atoms with van der Waals surface area (Å²) in [6.45, 7) is 5.16. The first-order valence-electron chi connectivity index (χ1n) is 4.46. The zero-order chi connectivity index (χ0) is 9.52. The molecule has 0 saturated heterocycles. The highest BCUT2D eigenvalue weighted by Gasteiger charge is 1.97. The molecule has 0 unspecified atom stereocenters. The highest BCUT2D eigenvalue weighted by atomic mass is 16.5. The van der Waals surface area contributed by atoms with E-state index < -0.39 is 0 Å². The van der Waals surface area contributed by atoms with Crippen LogP contribution < -0.4 is 5.32 Å². The number of aromatic nitrogens is 3. The average Bonchev–Trinajstić information content (AvgIpc) is 2.52. The first-order valence-corrected chi connectivity index (χ1v) is 4.46. The molecule has 0 atom stereocenters. The summed E-state index contributed by atoms with van der Waals surface area (Å²) in [5.74, 6) is 0. The van der Waals surface area contributed by atoms with Crippen LogP contribution in [0.5, 0.6) is 0 Å². The van der Waals surface area contributed by atoms with Gasteiger partial charge in [0.05, 0.1) is 18.5 Å². The zero-order valence-corrected chi connectivity index (χ0v) is 8.16. The van der Waals surface area contributed by atoms with Crippen molar-refractivity contribution in [2.45, 2.75) is 13.5 Å². The third-order valence-electron chi connectivity index (χ3n) is 1.74. The number of hydrogen-bond acceptors (Lipinski definition) is 4. The fraction of sp³-hybridized carbons (Fsp3) is 0.750. The molecule has 1 N–H and O–H groups in total. The van der Waals surface area contributed by atoms with Crippen LogP contribution in [0.3, 0.4) is 0 Å². The quantitative estimate of drug-likeness (QED) is 0.629. The molecular weight excluding hydrogens is 168 g/mol. The zero-order valence-electron chi connectivity index (χ0n) is 8.16. The molecule has 1 aromatic heterocycles. The van der Waals surface area contributed by atoms with Gasteiger partial charge in [0.1, 0.15) is 0 Å². The summed E-state index contributed by atoms with van der Waals surface area (Å²) in [5.41, 5.74) is 1.08. The summed E-state index contributed by atoms with van der Waals surface area (Å²) >= 11 is 0. The highest BCUT2D eigenvalue weighted by Crippen LogP contribution is 1.90. The third-order valence-corrected chi connectivity index (χ3v) is 1.74. The molecule has 0 saturated carbocycles. The third kappa shape index (κ3) is 3.52. The van der Waals surface area contributed by atoms with Crippen molar-refractivity contribution in [3.8, 4) is 0 Å². The smallest absolute Gasteiger partial charge is 0.0738 e. The Morgan fingerprint density at radius 2 is 2.46 bits per heavy atom. The Hall–Kier alpha value is -0.940. The van der Waals surface area contributed by atoms with Crippen LogP contribution >= 0.6 is 0 Å². The average molecular weight is 184 g/mol. The summed E-state index contributed by atoms with van der Waals surface area (Å²) in [6, 6.07) is 0. The molecule has 5 nitrogen and oxygen atoms in total. The first-order chi connectivity index (χ1) is 6.34. The van der Waals surface area contributed by atoms with Crippen LogP contribution in [-0.2, 0) is 18.3 Å². The SMILES string of the molecule is CCOCCNCc1cnnn1C. The van der Waals surface area contributed by atoms with Crippen LogP contribution in [-0.4, -0.2) is 34.8 Å². The van der Waals surface area contributed by atoms with Crippen LogP contribution in [0.4, 0.5) is 0 Å². The molecule has 0 spiro atoms. The number of hydrogen-bond donors (Lipinski definition) is 1. The minimum absolute atomic E-state index is 0.752. The fourth-order valence-electron chi connectivity index (χ4n) is 0.976. The number of aryl methyl sites for hydroxylation is 1. The lowest BCUT2D eigenvalue weighted by molar-refractivity contribution is 0.149. The Bertz CT molecular complexity index is 236. The molecule has 1 heterocycles. The summed E-state index contributed by atoms with van der Waals surface area (Å²) in [5, 5.41) is 10.8. The fourth-order valence-corrected chi connectivity index (χ4v) is 0.976. The lowest BCUT2D eigenvalue weighted by Crippen LogP contribution is -2.20. The van der Waals surface area contributed by atoms with E-state index in [0.717, 1.165) is 32.0 Å². The molecule has 0 aromatic carbocycles. The van der Waals surface area contributed by atoms with E-state index in [0.29, 0.717) is 0 Å². The summed E-state index contributed by atoms with van der Waals surface area (Å²) in [4.78, 5) is 0. The molecule has 74 valence electrons. The van der Waals surface area contributed by atoms with Crippen molar-refractivity contribution in [3.63, 3.8) is 0 Å². The van der Waals surface area contributed by atoms with Gasteiger partial charge in [-0.3, -0.25) is 4.68 Å². The maximum atomic E-state index is 5.18. The van der Waals surface area contributed by atoms with E-state index in [4.69, 9.17) is 4.74 Å². The van der Waals surface area contributed by atoms with Crippen LogP contribution in [0.25, 0.3) is 0 Å². The molecule has 1 rings (SSSR count). The summed E-state index contributed by atoms with van der Waals surface area (Å²) in [6.07, 6.45) is 1.76. The normalized spacial score (nSPS) is 10.6. The number of rotatable bonds is 6. The predicted octanol–water partition coefficient (Wildman–Crippen LogP) is -0.0588. The van der Waals surface area contributed by atoms with Crippen molar-refractivity contribution >= 4 is 0 Å². The van der Waals surface area contributed by atoms with Crippen molar-refractivity contribution < 1.29 is 4.74 Å². The van der Waals surface area contributed by atoms with Gasteiger partial charge in [-0.15, -0.1) is 5.10 Å². The van der Waals surface area contributed by atoms with Gasteiger partial charge < -0.3 is 10.1 Å². The van der Waals surface area contributed by atoms with E-state index in [1.807, 2.05) is 14.0 Å². The molecule has 0 aliphatic carbocycles. The van der Waals surface area contributed by atoms with Crippen LogP contribution in [0.2, 0.25) is 0 Å². The lowest BCUT2D eigenvalue weighted by Gasteiger charge is -2.03. The molecule has 0 amide bonds. The summed E-state index contributed by atoms with van der Waals surface area (Å²) < 4.78 is 6.94. The second-order valence-electron chi connectivity index (χ2n) is 2.72. The van der Waals surface area contributed by atoms with E-state index in [2.05, 4.69) is 15.6 Å². The predicted molar refractivity (Wildman–Crippen MR) is 49.2 cm³/mol. The second kappa shape index (κ2) is 5.66. The Morgan fingerprint density at radius 1 is 1.62 bits per heavy atom. The Balaban J connectivity index is 2.10. The van der Waals surface area contributed by atoms with Gasteiger partial charge in [-0.2, -0.15) is 0 Å². The minimum atomic E-state index is 0.752. The largest absolute Gasteiger partial charge is 0.380 e. The maximum absolute atomic E-state index is 5.18. The number of nitrogens with zero attached hydrogens (tertiary/aromatic N) is 3. The van der Waals surface area contributed by atoms with Gasteiger partial charge in [0.2, 0.25) is 0 Å². The van der Waals surface area contributed by atoms with E-state index >= 15 is 0 Å². The monoisotopic (exact) mass is 184 g/mol. The van der Waals surface area contributed by atoms with Gasteiger partial charge in [-0.05, 0) is 6.92 Å². The van der Waals surface area contributed by atoms with E-state index in [-0.39, 0.29) is 0 Å². The van der Waals surface area contributed by atoms with Crippen molar-refractivity contribution in [3.05, 3.63) is 11.9 Å². The molecular formula is C8H16N4O. The summed E-state index contributed by atoms with van der Waals surface area (Å²) in [7, 11) is 1.88. The van der Waals surface area contributed by atoms with Gasteiger partial charge in [0, 0.05) is 26.7 Å². The topological polar surface area (TPSA) is 52.0 Å². The van der Waals surface area contributed by atoms with Crippen LogP contribution in [0, 0.1) is 0 Å². The number of ether oxygens (including phenoxy) is 1. The second-order valence-corrected chi connectivity index (χ2v) is 2.72. The van der Waals surface area contributed by atoms with Gasteiger partial charge in [-0.1, -0.05) is 5.21 Å². The molecule has 0 fully saturated rings. The van der Waals surface area contributed by atoms with Crippen molar-refractivity contribution in [1.82, 2.24) is 20.3 Å². The molecule has 0 bridgehead atoms. The van der Waals surface area contributed by atoms with Gasteiger partial charge in [-0.25, -0.2) is 0 Å². The number of nitrogens with one attached hydrogen (secondary N) is 1. The maximum Gasteiger partial charge on any atom is 0.0738 e. The van der Waals surface area contributed by atoms with E-state index in [1.165, 1.54) is 0 Å². The first kappa shape index (κ1) is 10.1. The van der Waals surface area contributed by atoms with Gasteiger partial charge >= 0.3 is 0 Å². The van der Waals surface area contributed by atoms with Crippen molar-refractivity contribution in [2.24, 2.45) is 7.05 Å². The Kier molecular flexibility index (Phi) is 4.42. The van der Waals surface area contributed by atoms with E-state index in [9.17, 15) is 0 Å². The molecule has 0 radical (unpaired) electrons. The molecule has 0 aliphatic rings. The van der Waals surface area contributed by atoms with Gasteiger partial charge in [0.25, 0.3) is 0 Å². The van der Waals surface area contributed by atoms with Crippen LogP contribution in [0.15, 0.2) is 6.20 Å². The Labute approximate surface area is 78.1 Å². The molecule has 1 aromatic rings. The molecule has 5 heteroatoms. The highest BCUT2D eigenvalue weighted by molar-refractivity contribution is 4.91. The Morgan fingerprint density at radius 3 is 3.08 bits per heavy atom. The van der Waals surface area contributed by atoms with Crippen molar-refractivity contribution in [1.29, 1.82) is 0 Å². The standard InChI is InChI=1S/C8H16N4O/c1-3-13-5-4-9-6-8-7-10-11-12(8)2/h7,9H,3-6H2,1-2H3. The molecule has 13 heavy (non-hydrogen) atoms. The van der Waals surface area contributed by atoms with Gasteiger partial charge in [0.15, 0.2) is 0 Å². The van der Waals surface area contributed by atoms with Crippen LogP contribution in [0.1, 0.15) is 12.6 Å². The molecule has 0 aliphatic heterocycles. The lowest BCUT2D eigenvalue weighted by atomic mass is 10.4.